The van der Waals surface area contributed by atoms with Crippen molar-refractivity contribution in [1.82, 2.24) is 0 Å². The van der Waals surface area contributed by atoms with E-state index < -0.39 is 11.7 Å². The first kappa shape index (κ1) is 14.4. The fraction of sp³-hybridized carbons (Fsp3) is 0.0667. The maximum atomic E-state index is 13.4. The molecule has 0 bridgehead atoms. The molecule has 0 aliphatic heterocycles. The Bertz CT molecular complexity index is 685. The minimum Gasteiger partial charge on any atom is -0.321 e. The summed E-state index contributed by atoms with van der Waals surface area (Å²) < 4.78 is 13.7. The van der Waals surface area contributed by atoms with E-state index in [9.17, 15) is 14.0 Å². The highest BCUT2D eigenvalue weighted by Crippen LogP contribution is 2.19. The number of nitrogens with one attached hydrogen (secondary N) is 1. The number of anilines is 1. The zero-order valence-electron chi connectivity index (χ0n) is 10.6. The second-order valence-corrected chi connectivity index (χ2v) is 5.04. The molecule has 20 heavy (non-hydrogen) atoms. The molecule has 0 saturated heterocycles. The molecule has 5 heteroatoms. The van der Waals surface area contributed by atoms with Crippen LogP contribution in [0.25, 0.3) is 0 Å². The van der Waals surface area contributed by atoms with E-state index in [4.69, 9.17) is 0 Å². The Balaban J connectivity index is 2.28. The van der Waals surface area contributed by atoms with Gasteiger partial charge in [0.15, 0.2) is 5.78 Å². The van der Waals surface area contributed by atoms with Gasteiger partial charge in [-0.25, -0.2) is 4.39 Å². The lowest BCUT2D eigenvalue weighted by atomic mass is 10.1. The lowest BCUT2D eigenvalue weighted by molar-refractivity contribution is 0.101. The molecule has 0 aliphatic rings. The Labute approximate surface area is 123 Å². The minimum atomic E-state index is -0.516. The van der Waals surface area contributed by atoms with Crippen LogP contribution in [0.4, 0.5) is 10.1 Å². The van der Waals surface area contributed by atoms with E-state index in [1.807, 2.05) is 0 Å². The zero-order valence-corrected chi connectivity index (χ0v) is 12.2. The van der Waals surface area contributed by atoms with Crippen molar-refractivity contribution in [2.45, 2.75) is 6.92 Å². The monoisotopic (exact) mass is 335 g/mol. The first-order valence-electron chi connectivity index (χ1n) is 5.85. The van der Waals surface area contributed by atoms with Crippen LogP contribution >= 0.6 is 15.9 Å². The van der Waals surface area contributed by atoms with Gasteiger partial charge in [0, 0.05) is 11.1 Å². The Kier molecular flexibility index (Phi) is 4.29. The Morgan fingerprint density at radius 2 is 1.85 bits per heavy atom. The van der Waals surface area contributed by atoms with E-state index in [1.165, 1.54) is 19.1 Å². The van der Waals surface area contributed by atoms with Gasteiger partial charge in [0.2, 0.25) is 0 Å². The molecular formula is C15H11BrFNO2. The van der Waals surface area contributed by atoms with Crippen LogP contribution in [-0.2, 0) is 0 Å². The fourth-order valence-corrected chi connectivity index (χ4v) is 1.98. The van der Waals surface area contributed by atoms with Crippen molar-refractivity contribution in [2.75, 3.05) is 5.32 Å². The Hall–Kier alpha value is -2.01. The van der Waals surface area contributed by atoms with Gasteiger partial charge >= 0.3 is 0 Å². The number of hydrogen-bond donors (Lipinski definition) is 1. The Morgan fingerprint density at radius 3 is 2.50 bits per heavy atom. The summed E-state index contributed by atoms with van der Waals surface area (Å²) in [5, 5.41) is 2.61. The van der Waals surface area contributed by atoms with Crippen LogP contribution in [0.15, 0.2) is 46.9 Å². The highest BCUT2D eigenvalue weighted by atomic mass is 79.9. The van der Waals surface area contributed by atoms with Gasteiger partial charge in [0.25, 0.3) is 5.91 Å². The number of para-hydroxylation sites is 1. The van der Waals surface area contributed by atoms with E-state index in [0.29, 0.717) is 11.3 Å². The van der Waals surface area contributed by atoms with Crippen LogP contribution in [0.3, 0.4) is 0 Å². The average Bonchev–Trinajstić information content (AvgIpc) is 2.42. The maximum absolute atomic E-state index is 13.4. The van der Waals surface area contributed by atoms with Crippen molar-refractivity contribution in [3.63, 3.8) is 0 Å². The molecule has 0 unspecified atom stereocenters. The van der Waals surface area contributed by atoms with Crippen molar-refractivity contribution in [2.24, 2.45) is 0 Å². The molecule has 0 aliphatic carbocycles. The number of halogens is 2. The summed E-state index contributed by atoms with van der Waals surface area (Å²) in [5.41, 5.74) is 1.01. The number of carbonyl (C=O) groups excluding carboxylic acids is 2. The predicted octanol–water partition coefficient (Wildman–Crippen LogP) is 4.04. The molecule has 0 atom stereocenters. The first-order chi connectivity index (χ1) is 9.49. The lowest BCUT2D eigenvalue weighted by Crippen LogP contribution is -2.14. The van der Waals surface area contributed by atoms with Gasteiger partial charge < -0.3 is 5.32 Å². The molecule has 0 spiro atoms. The lowest BCUT2D eigenvalue weighted by Gasteiger charge is -2.09. The van der Waals surface area contributed by atoms with Gasteiger partial charge in [-0.1, -0.05) is 12.1 Å². The van der Waals surface area contributed by atoms with Gasteiger partial charge in [0.05, 0.1) is 10.2 Å². The number of Topliss-reactive ketones (excluding diaryl/α,β-unsaturated/α-hetero) is 1. The summed E-state index contributed by atoms with van der Waals surface area (Å²) in [6.07, 6.45) is 0. The summed E-state index contributed by atoms with van der Waals surface area (Å²) in [4.78, 5) is 23.5. The number of rotatable bonds is 3. The number of ketones is 1. The molecule has 0 heterocycles. The molecule has 1 N–H and O–H groups in total. The molecule has 2 rings (SSSR count). The average molecular weight is 336 g/mol. The van der Waals surface area contributed by atoms with Crippen LogP contribution in [0.5, 0.6) is 0 Å². The van der Waals surface area contributed by atoms with Gasteiger partial charge in [-0.15, -0.1) is 0 Å². The number of carbonyl (C=O) groups is 2. The number of hydrogen-bond acceptors (Lipinski definition) is 2. The van der Waals surface area contributed by atoms with E-state index in [1.54, 1.807) is 24.3 Å². The molecule has 3 nitrogen and oxygen atoms in total. The third-order valence-corrected chi connectivity index (χ3v) is 3.38. The van der Waals surface area contributed by atoms with Gasteiger partial charge in [0.1, 0.15) is 5.82 Å². The van der Waals surface area contributed by atoms with Crippen molar-refractivity contribution < 1.29 is 14.0 Å². The summed E-state index contributed by atoms with van der Waals surface area (Å²) in [7, 11) is 0. The second-order valence-electron chi connectivity index (χ2n) is 4.18. The van der Waals surface area contributed by atoms with Gasteiger partial charge in [-0.2, -0.15) is 0 Å². The minimum absolute atomic E-state index is 0.150. The van der Waals surface area contributed by atoms with Crippen molar-refractivity contribution >= 4 is 33.3 Å². The molecule has 2 aromatic rings. The summed E-state index contributed by atoms with van der Waals surface area (Å²) >= 11 is 3.02. The molecule has 0 radical (unpaired) electrons. The summed E-state index contributed by atoms with van der Waals surface area (Å²) in [6.45, 7) is 1.42. The van der Waals surface area contributed by atoms with E-state index in [0.717, 1.165) is 6.07 Å². The molecule has 1 amide bonds. The normalized spacial score (nSPS) is 10.2. The van der Waals surface area contributed by atoms with E-state index in [-0.39, 0.29) is 15.8 Å². The van der Waals surface area contributed by atoms with Crippen LogP contribution in [0, 0.1) is 5.82 Å². The highest BCUT2D eigenvalue weighted by Gasteiger charge is 2.12. The molecule has 2 aromatic carbocycles. The van der Waals surface area contributed by atoms with Crippen LogP contribution in [-0.4, -0.2) is 11.7 Å². The molecule has 0 saturated carbocycles. The smallest absolute Gasteiger partial charge is 0.255 e. The highest BCUT2D eigenvalue weighted by molar-refractivity contribution is 9.10. The third-order valence-electron chi connectivity index (χ3n) is 2.74. The van der Waals surface area contributed by atoms with Crippen molar-refractivity contribution in [1.29, 1.82) is 0 Å². The van der Waals surface area contributed by atoms with Gasteiger partial charge in [-0.05, 0) is 53.2 Å². The molecular weight excluding hydrogens is 325 g/mol. The third kappa shape index (κ3) is 3.11. The first-order valence-corrected chi connectivity index (χ1v) is 6.64. The van der Waals surface area contributed by atoms with E-state index in [2.05, 4.69) is 21.2 Å². The quantitative estimate of drug-likeness (QED) is 0.860. The second kappa shape index (κ2) is 5.96. The zero-order chi connectivity index (χ0) is 14.7. The summed E-state index contributed by atoms with van der Waals surface area (Å²) in [6, 6.07) is 10.8. The molecule has 0 fully saturated rings. The van der Waals surface area contributed by atoms with Crippen molar-refractivity contribution in [3.8, 4) is 0 Å². The number of benzene rings is 2. The standard InChI is InChI=1S/C15H11BrFNO2/c1-9(19)11-4-2-3-5-14(11)18-15(20)10-6-7-12(16)13(17)8-10/h2-8H,1H3,(H,18,20). The largest absolute Gasteiger partial charge is 0.321 e. The predicted molar refractivity (Wildman–Crippen MR) is 78.5 cm³/mol. The summed E-state index contributed by atoms with van der Waals surface area (Å²) in [5.74, 6) is -1.13. The molecule has 102 valence electrons. The van der Waals surface area contributed by atoms with Crippen LogP contribution in [0.2, 0.25) is 0 Å². The van der Waals surface area contributed by atoms with Gasteiger partial charge in [-0.3, -0.25) is 9.59 Å². The number of amides is 1. The SMILES string of the molecule is CC(=O)c1ccccc1NC(=O)c1ccc(Br)c(F)c1. The Morgan fingerprint density at radius 1 is 1.15 bits per heavy atom. The topological polar surface area (TPSA) is 46.2 Å². The van der Waals surface area contributed by atoms with E-state index >= 15 is 0 Å². The fourth-order valence-electron chi connectivity index (χ4n) is 1.73. The van der Waals surface area contributed by atoms with Crippen LogP contribution in [0.1, 0.15) is 27.6 Å². The molecule has 0 aromatic heterocycles. The van der Waals surface area contributed by atoms with Crippen LogP contribution < -0.4 is 5.32 Å². The maximum Gasteiger partial charge on any atom is 0.255 e. The van der Waals surface area contributed by atoms with Crippen molar-refractivity contribution in [3.05, 3.63) is 63.9 Å².